The topological polar surface area (TPSA) is 18.5 Å². The fraction of sp³-hybridized carbons (Fsp3) is 0.500. The second-order valence-corrected chi connectivity index (χ2v) is 5.09. The molecule has 0 fully saturated rings. The highest BCUT2D eigenvalue weighted by molar-refractivity contribution is 5.38. The zero-order valence-electron chi connectivity index (χ0n) is 13.0. The number of alkyl halides is 6. The Morgan fingerprint density at radius 1 is 1.21 bits per heavy atom. The minimum atomic E-state index is -4.59. The number of hydrogen-bond acceptors (Lipinski definition) is 2. The Labute approximate surface area is 135 Å². The number of hydrogen-bond donors (Lipinski definition) is 0. The van der Waals surface area contributed by atoms with Gasteiger partial charge in [0.05, 0.1) is 0 Å². The van der Waals surface area contributed by atoms with Crippen molar-refractivity contribution in [2.75, 3.05) is 13.2 Å². The van der Waals surface area contributed by atoms with Crippen molar-refractivity contribution in [3.8, 4) is 11.8 Å². The zero-order valence-corrected chi connectivity index (χ0v) is 13.0. The van der Waals surface area contributed by atoms with E-state index >= 15 is 0 Å². The minimum absolute atomic E-state index is 0.149. The van der Waals surface area contributed by atoms with E-state index in [-0.39, 0.29) is 12.2 Å². The summed E-state index contributed by atoms with van der Waals surface area (Å²) in [5.74, 6) is 5.04. The molecule has 0 aromatic heterocycles. The Morgan fingerprint density at radius 2 is 1.83 bits per heavy atom. The Kier molecular flexibility index (Phi) is 6.55. The molecule has 0 aromatic carbocycles. The predicted octanol–water partition coefficient (Wildman–Crippen LogP) is 4.70. The van der Waals surface area contributed by atoms with Gasteiger partial charge in [-0.25, -0.2) is 0 Å². The summed E-state index contributed by atoms with van der Waals surface area (Å²) in [5.41, 5.74) is -1.11. The van der Waals surface area contributed by atoms with Crippen LogP contribution in [-0.4, -0.2) is 31.2 Å². The van der Waals surface area contributed by atoms with Gasteiger partial charge in [0, 0.05) is 6.42 Å². The van der Waals surface area contributed by atoms with Gasteiger partial charge in [0.2, 0.25) is 0 Å². The molecule has 1 unspecified atom stereocenters. The standard InChI is InChI=1S/C16H16F6O2/c1-3-12(2)6-8-14(24-11-16(20,21)22)7-4-5-13(9-14)23-10-15(17,18)19/h3-5,7H,9-11H2,1-2H3. The predicted molar refractivity (Wildman–Crippen MR) is 75.8 cm³/mol. The van der Waals surface area contributed by atoms with Crippen LogP contribution in [0.4, 0.5) is 26.3 Å². The van der Waals surface area contributed by atoms with E-state index in [2.05, 4.69) is 16.6 Å². The van der Waals surface area contributed by atoms with E-state index in [1.165, 1.54) is 18.2 Å². The molecule has 1 aliphatic rings. The van der Waals surface area contributed by atoms with Crippen molar-refractivity contribution >= 4 is 0 Å². The first-order valence-electron chi connectivity index (χ1n) is 6.89. The van der Waals surface area contributed by atoms with Crippen LogP contribution in [0.1, 0.15) is 20.3 Å². The second-order valence-electron chi connectivity index (χ2n) is 5.09. The van der Waals surface area contributed by atoms with Crippen molar-refractivity contribution in [2.45, 2.75) is 38.2 Å². The Bertz CT molecular complexity index is 586. The fourth-order valence-electron chi connectivity index (χ4n) is 1.67. The molecule has 2 nitrogen and oxygen atoms in total. The molecule has 0 saturated heterocycles. The lowest BCUT2D eigenvalue weighted by Gasteiger charge is -2.29. The molecule has 1 atom stereocenters. The highest BCUT2D eigenvalue weighted by Crippen LogP contribution is 2.31. The van der Waals surface area contributed by atoms with E-state index in [9.17, 15) is 26.3 Å². The lowest BCUT2D eigenvalue weighted by Crippen LogP contribution is -2.35. The van der Waals surface area contributed by atoms with Crippen molar-refractivity contribution in [3.05, 3.63) is 35.6 Å². The highest BCUT2D eigenvalue weighted by Gasteiger charge is 2.37. The summed E-state index contributed by atoms with van der Waals surface area (Å²) in [5, 5.41) is 0. The number of ether oxygens (including phenoxy) is 2. The van der Waals surface area contributed by atoms with Crippen LogP contribution in [0.25, 0.3) is 0 Å². The van der Waals surface area contributed by atoms with E-state index in [0.29, 0.717) is 5.57 Å². The van der Waals surface area contributed by atoms with Crippen LogP contribution in [0.15, 0.2) is 35.6 Å². The lowest BCUT2D eigenvalue weighted by molar-refractivity contribution is -0.191. The maximum Gasteiger partial charge on any atom is 0.422 e. The maximum atomic E-state index is 12.4. The lowest BCUT2D eigenvalue weighted by atomic mass is 9.93. The zero-order chi connectivity index (χ0) is 18.4. The summed E-state index contributed by atoms with van der Waals surface area (Å²) in [6, 6.07) is 0. The summed E-state index contributed by atoms with van der Waals surface area (Å²) in [6.45, 7) is 0.229. The van der Waals surface area contributed by atoms with Crippen molar-refractivity contribution in [1.29, 1.82) is 0 Å². The van der Waals surface area contributed by atoms with Crippen molar-refractivity contribution in [1.82, 2.24) is 0 Å². The molecule has 24 heavy (non-hydrogen) atoms. The summed E-state index contributed by atoms with van der Waals surface area (Å²) in [4.78, 5) is 0. The van der Waals surface area contributed by atoms with E-state index in [0.717, 1.165) is 0 Å². The van der Waals surface area contributed by atoms with Crippen molar-refractivity contribution < 1.29 is 35.8 Å². The van der Waals surface area contributed by atoms with E-state index in [4.69, 9.17) is 4.74 Å². The average molecular weight is 354 g/mol. The molecule has 0 aromatic rings. The van der Waals surface area contributed by atoms with Crippen LogP contribution in [0.3, 0.4) is 0 Å². The number of rotatable bonds is 4. The molecule has 0 radical (unpaired) electrons. The van der Waals surface area contributed by atoms with Crippen LogP contribution in [-0.2, 0) is 9.47 Å². The Hall–Kier alpha value is -1.88. The third kappa shape index (κ3) is 7.59. The summed E-state index contributed by atoms with van der Waals surface area (Å²) < 4.78 is 83.5. The van der Waals surface area contributed by atoms with Gasteiger partial charge in [-0.3, -0.25) is 0 Å². The van der Waals surface area contributed by atoms with Gasteiger partial charge >= 0.3 is 12.4 Å². The van der Waals surface area contributed by atoms with Gasteiger partial charge in [0.1, 0.15) is 12.4 Å². The molecule has 1 aliphatic carbocycles. The fourth-order valence-corrected chi connectivity index (χ4v) is 1.67. The van der Waals surface area contributed by atoms with Crippen LogP contribution in [0.2, 0.25) is 0 Å². The first-order valence-corrected chi connectivity index (χ1v) is 6.89. The van der Waals surface area contributed by atoms with Gasteiger partial charge in [-0.1, -0.05) is 24.0 Å². The van der Waals surface area contributed by atoms with Crippen LogP contribution < -0.4 is 0 Å². The van der Waals surface area contributed by atoms with E-state index < -0.39 is 31.2 Å². The summed E-state index contributed by atoms with van der Waals surface area (Å²) in [6.07, 6.45) is -4.06. The monoisotopic (exact) mass is 354 g/mol. The molecule has 0 spiro atoms. The normalized spacial score (nSPS) is 21.8. The van der Waals surface area contributed by atoms with Gasteiger partial charge in [-0.15, -0.1) is 0 Å². The molecule has 8 heteroatoms. The molecule has 134 valence electrons. The number of halogens is 6. The molecule has 0 bridgehead atoms. The number of allylic oxidation sites excluding steroid dienone is 4. The third-order valence-electron chi connectivity index (χ3n) is 2.90. The van der Waals surface area contributed by atoms with Gasteiger partial charge in [0.15, 0.2) is 12.2 Å². The highest BCUT2D eigenvalue weighted by atomic mass is 19.4. The van der Waals surface area contributed by atoms with Crippen molar-refractivity contribution in [3.63, 3.8) is 0 Å². The molecule has 0 N–H and O–H groups in total. The molecule has 1 rings (SSSR count). The Balaban J connectivity index is 2.96. The van der Waals surface area contributed by atoms with Crippen LogP contribution >= 0.6 is 0 Å². The summed E-state index contributed by atoms with van der Waals surface area (Å²) >= 11 is 0. The quantitative estimate of drug-likeness (QED) is 0.538. The van der Waals surface area contributed by atoms with Gasteiger partial charge in [0.25, 0.3) is 0 Å². The molecule has 0 amide bonds. The third-order valence-corrected chi connectivity index (χ3v) is 2.90. The average Bonchev–Trinajstić information content (AvgIpc) is 2.48. The van der Waals surface area contributed by atoms with Crippen LogP contribution in [0, 0.1) is 11.8 Å². The first-order chi connectivity index (χ1) is 10.9. The van der Waals surface area contributed by atoms with Gasteiger partial charge in [-0.2, -0.15) is 26.3 Å². The molecular formula is C16H16F6O2. The molecular weight excluding hydrogens is 338 g/mol. The first kappa shape index (κ1) is 20.2. The SMILES string of the molecule is CC=C(C)C#CC1(OCC(F)(F)F)C=CC=C(OCC(F)(F)F)C1. The van der Waals surface area contributed by atoms with Gasteiger partial charge in [-0.05, 0) is 31.6 Å². The van der Waals surface area contributed by atoms with Crippen molar-refractivity contribution in [2.24, 2.45) is 0 Å². The minimum Gasteiger partial charge on any atom is -0.488 e. The maximum absolute atomic E-state index is 12.4. The van der Waals surface area contributed by atoms with Gasteiger partial charge < -0.3 is 9.47 Å². The Morgan fingerprint density at radius 3 is 2.38 bits per heavy atom. The summed E-state index contributed by atoms with van der Waals surface area (Å²) in [7, 11) is 0. The molecule has 0 heterocycles. The smallest absolute Gasteiger partial charge is 0.422 e. The van der Waals surface area contributed by atoms with Crippen LogP contribution in [0.5, 0.6) is 0 Å². The second kappa shape index (κ2) is 7.79. The van der Waals surface area contributed by atoms with E-state index in [1.807, 2.05) is 0 Å². The molecule has 0 aliphatic heterocycles. The molecule has 0 saturated carbocycles. The van der Waals surface area contributed by atoms with E-state index in [1.54, 1.807) is 19.9 Å². The largest absolute Gasteiger partial charge is 0.488 e.